The molecule has 2 unspecified atom stereocenters. The maximum Gasteiger partial charge on any atom is 0.0982 e. The number of nitriles is 1. The van der Waals surface area contributed by atoms with Crippen LogP contribution in [0.25, 0.3) is 0 Å². The van der Waals surface area contributed by atoms with Crippen molar-refractivity contribution >= 4 is 0 Å². The molecule has 1 rings (SSSR count). The highest BCUT2D eigenvalue weighted by Gasteiger charge is 2.31. The molecule has 11 heavy (non-hydrogen) atoms. The van der Waals surface area contributed by atoms with Crippen molar-refractivity contribution in [3.8, 4) is 6.07 Å². The molecule has 2 nitrogen and oxygen atoms in total. The van der Waals surface area contributed by atoms with Gasteiger partial charge in [0, 0.05) is 0 Å². The molecule has 1 aliphatic carbocycles. The molecule has 60 valence electrons. The van der Waals surface area contributed by atoms with Crippen molar-refractivity contribution in [2.75, 3.05) is 0 Å². The van der Waals surface area contributed by atoms with Gasteiger partial charge in [0.05, 0.1) is 17.6 Å². The molecule has 2 atom stereocenters. The third kappa shape index (κ3) is 1.61. The normalized spacial score (nSPS) is 32.8. The topological polar surface area (TPSA) is 44.0 Å². The van der Waals surface area contributed by atoms with Crippen LogP contribution in [0.1, 0.15) is 26.2 Å². The molecule has 0 saturated carbocycles. The van der Waals surface area contributed by atoms with Gasteiger partial charge in [-0.2, -0.15) is 5.26 Å². The Bertz CT molecular complexity index is 204. The Morgan fingerprint density at radius 2 is 2.45 bits per heavy atom. The van der Waals surface area contributed by atoms with E-state index in [1.54, 1.807) is 13.0 Å². The first-order chi connectivity index (χ1) is 5.19. The van der Waals surface area contributed by atoms with E-state index >= 15 is 0 Å². The number of hydrogen-bond acceptors (Lipinski definition) is 2. The second-order valence-corrected chi connectivity index (χ2v) is 3.14. The van der Waals surface area contributed by atoms with E-state index in [1.807, 2.05) is 6.08 Å². The van der Waals surface area contributed by atoms with Crippen molar-refractivity contribution in [2.24, 2.45) is 5.92 Å². The maximum absolute atomic E-state index is 9.83. The van der Waals surface area contributed by atoms with Crippen molar-refractivity contribution in [3.05, 3.63) is 12.2 Å². The number of allylic oxidation sites excluding steroid dienone is 1. The Hall–Kier alpha value is -0.810. The smallest absolute Gasteiger partial charge is 0.0982 e. The fourth-order valence-electron chi connectivity index (χ4n) is 1.35. The molecule has 0 aromatic heterocycles. The standard InChI is InChI=1S/C9H13NO/c1-8(7-10)9(11)5-3-2-4-6-9/h3,5,8,11H,2,4,6H2,1H3. The van der Waals surface area contributed by atoms with E-state index in [0.717, 1.165) is 19.3 Å². The molecule has 0 heterocycles. The van der Waals surface area contributed by atoms with E-state index in [-0.39, 0.29) is 5.92 Å². The van der Waals surface area contributed by atoms with Crippen LogP contribution in [0.5, 0.6) is 0 Å². The molecule has 1 aliphatic rings. The van der Waals surface area contributed by atoms with E-state index in [9.17, 15) is 5.11 Å². The predicted octanol–water partition coefficient (Wildman–Crippen LogP) is 1.62. The molecule has 0 fully saturated rings. The molecule has 0 aromatic rings. The van der Waals surface area contributed by atoms with Gasteiger partial charge in [-0.3, -0.25) is 0 Å². The van der Waals surface area contributed by atoms with E-state index < -0.39 is 5.60 Å². The summed E-state index contributed by atoms with van der Waals surface area (Å²) in [6.07, 6.45) is 6.46. The van der Waals surface area contributed by atoms with Crippen molar-refractivity contribution < 1.29 is 5.11 Å². The lowest BCUT2D eigenvalue weighted by molar-refractivity contribution is 0.0426. The molecule has 0 spiro atoms. The van der Waals surface area contributed by atoms with Crippen molar-refractivity contribution in [2.45, 2.75) is 31.8 Å². The predicted molar refractivity (Wildman–Crippen MR) is 42.7 cm³/mol. The van der Waals surface area contributed by atoms with Crippen LogP contribution < -0.4 is 0 Å². The van der Waals surface area contributed by atoms with Crippen LogP contribution in [-0.4, -0.2) is 10.7 Å². The minimum absolute atomic E-state index is 0.293. The zero-order valence-corrected chi connectivity index (χ0v) is 6.75. The Morgan fingerprint density at radius 3 is 2.91 bits per heavy atom. The van der Waals surface area contributed by atoms with Gasteiger partial charge in [-0.15, -0.1) is 0 Å². The van der Waals surface area contributed by atoms with Gasteiger partial charge in [0.1, 0.15) is 0 Å². The van der Waals surface area contributed by atoms with Gasteiger partial charge in [-0.1, -0.05) is 12.2 Å². The fraction of sp³-hybridized carbons (Fsp3) is 0.667. The first kappa shape index (κ1) is 8.29. The van der Waals surface area contributed by atoms with Gasteiger partial charge >= 0.3 is 0 Å². The monoisotopic (exact) mass is 151 g/mol. The minimum atomic E-state index is -0.854. The third-order valence-corrected chi connectivity index (χ3v) is 2.30. The van der Waals surface area contributed by atoms with Crippen LogP contribution in [-0.2, 0) is 0 Å². The summed E-state index contributed by atoms with van der Waals surface area (Å²) in [5, 5.41) is 18.4. The Morgan fingerprint density at radius 1 is 1.73 bits per heavy atom. The third-order valence-electron chi connectivity index (χ3n) is 2.30. The van der Waals surface area contributed by atoms with Crippen molar-refractivity contribution in [3.63, 3.8) is 0 Å². The average molecular weight is 151 g/mol. The summed E-state index contributed by atoms with van der Waals surface area (Å²) in [5.74, 6) is -0.293. The van der Waals surface area contributed by atoms with Crippen LogP contribution in [0.2, 0.25) is 0 Å². The minimum Gasteiger partial charge on any atom is -0.384 e. The highest BCUT2D eigenvalue weighted by atomic mass is 16.3. The number of rotatable bonds is 1. The SMILES string of the molecule is CC(C#N)C1(O)C=CCCC1. The average Bonchev–Trinajstić information content (AvgIpc) is 2.04. The summed E-state index contributed by atoms with van der Waals surface area (Å²) in [7, 11) is 0. The van der Waals surface area contributed by atoms with E-state index in [2.05, 4.69) is 6.07 Å². The molecule has 0 saturated heterocycles. The summed E-state index contributed by atoms with van der Waals surface area (Å²) < 4.78 is 0. The van der Waals surface area contributed by atoms with Crippen LogP contribution in [0.15, 0.2) is 12.2 Å². The lowest BCUT2D eigenvalue weighted by Crippen LogP contribution is -2.34. The molecule has 0 aliphatic heterocycles. The number of hydrogen-bond donors (Lipinski definition) is 1. The first-order valence-corrected chi connectivity index (χ1v) is 3.99. The summed E-state index contributed by atoms with van der Waals surface area (Å²) in [4.78, 5) is 0. The maximum atomic E-state index is 9.83. The van der Waals surface area contributed by atoms with Crippen LogP contribution in [0.4, 0.5) is 0 Å². The summed E-state index contributed by atoms with van der Waals surface area (Å²) >= 11 is 0. The molecule has 0 bridgehead atoms. The van der Waals surface area contributed by atoms with E-state index in [4.69, 9.17) is 5.26 Å². The Balaban J connectivity index is 2.73. The number of nitrogens with zero attached hydrogens (tertiary/aromatic N) is 1. The van der Waals surface area contributed by atoms with Crippen LogP contribution in [0, 0.1) is 17.2 Å². The molecule has 0 radical (unpaired) electrons. The van der Waals surface area contributed by atoms with Gasteiger partial charge in [-0.25, -0.2) is 0 Å². The Kier molecular flexibility index (Phi) is 2.31. The zero-order valence-electron chi connectivity index (χ0n) is 6.75. The highest BCUT2D eigenvalue weighted by Crippen LogP contribution is 2.28. The van der Waals surface area contributed by atoms with Gasteiger partial charge in [0.25, 0.3) is 0 Å². The van der Waals surface area contributed by atoms with Gasteiger partial charge in [0.15, 0.2) is 0 Å². The molecular weight excluding hydrogens is 138 g/mol. The second kappa shape index (κ2) is 3.06. The quantitative estimate of drug-likeness (QED) is 0.579. The lowest BCUT2D eigenvalue weighted by Gasteiger charge is -2.29. The summed E-state index contributed by atoms with van der Waals surface area (Å²) in [6.45, 7) is 1.76. The molecule has 0 amide bonds. The van der Waals surface area contributed by atoms with Crippen molar-refractivity contribution in [1.82, 2.24) is 0 Å². The zero-order chi connectivity index (χ0) is 8.32. The highest BCUT2D eigenvalue weighted by molar-refractivity contribution is 5.11. The lowest BCUT2D eigenvalue weighted by atomic mass is 9.82. The van der Waals surface area contributed by atoms with E-state index in [0.29, 0.717) is 0 Å². The fourth-order valence-corrected chi connectivity index (χ4v) is 1.35. The van der Waals surface area contributed by atoms with Gasteiger partial charge in [0.2, 0.25) is 0 Å². The molecule has 0 aromatic carbocycles. The largest absolute Gasteiger partial charge is 0.384 e. The van der Waals surface area contributed by atoms with Crippen LogP contribution in [0.3, 0.4) is 0 Å². The molecule has 1 N–H and O–H groups in total. The summed E-state index contributed by atoms with van der Waals surface area (Å²) in [6, 6.07) is 2.07. The first-order valence-electron chi connectivity index (χ1n) is 3.99. The summed E-state index contributed by atoms with van der Waals surface area (Å²) in [5.41, 5.74) is -0.854. The van der Waals surface area contributed by atoms with Gasteiger partial charge in [-0.05, 0) is 26.2 Å². The van der Waals surface area contributed by atoms with E-state index in [1.165, 1.54) is 0 Å². The second-order valence-electron chi connectivity index (χ2n) is 3.14. The Labute approximate surface area is 67.2 Å². The molecule has 2 heteroatoms. The molecular formula is C9H13NO. The number of aliphatic hydroxyl groups is 1. The van der Waals surface area contributed by atoms with Crippen LogP contribution >= 0.6 is 0 Å². The van der Waals surface area contributed by atoms with Crippen molar-refractivity contribution in [1.29, 1.82) is 5.26 Å². The van der Waals surface area contributed by atoms with Gasteiger partial charge < -0.3 is 5.11 Å².